The van der Waals surface area contributed by atoms with E-state index in [1.54, 1.807) is 0 Å². The van der Waals surface area contributed by atoms with Gasteiger partial charge in [0.25, 0.3) is 0 Å². The first-order valence-electron chi connectivity index (χ1n) is 6.24. The summed E-state index contributed by atoms with van der Waals surface area (Å²) >= 11 is 5.73. The van der Waals surface area contributed by atoms with E-state index in [1.807, 2.05) is 12.1 Å². The quantitative estimate of drug-likeness (QED) is 0.872. The molecule has 0 bridgehead atoms. The average molecular weight is 284 g/mol. The molecule has 1 aromatic carbocycles. The van der Waals surface area contributed by atoms with Crippen LogP contribution in [0.4, 0.5) is 0 Å². The van der Waals surface area contributed by atoms with E-state index in [0.29, 0.717) is 10.8 Å². The monoisotopic (exact) mass is 283 g/mol. The SMILES string of the molecule is C=C(Cl)COc1cc2c(cc1CC(N)CC)OCO2. The second-order valence-electron chi connectivity index (χ2n) is 4.49. The molecule has 0 amide bonds. The lowest BCUT2D eigenvalue weighted by Gasteiger charge is -2.15. The minimum absolute atomic E-state index is 0.0851. The van der Waals surface area contributed by atoms with Crippen molar-refractivity contribution in [1.29, 1.82) is 0 Å². The van der Waals surface area contributed by atoms with Gasteiger partial charge in [-0.05, 0) is 24.5 Å². The Hall–Kier alpha value is -1.39. The standard InChI is InChI=1S/C14H18ClNO3/c1-3-11(16)4-10-5-13-14(19-8-18-13)6-12(10)17-7-9(2)15/h5-6,11H,2-4,7-8,16H2,1H3. The number of hydrogen-bond acceptors (Lipinski definition) is 4. The molecule has 1 unspecified atom stereocenters. The summed E-state index contributed by atoms with van der Waals surface area (Å²) in [6, 6.07) is 3.83. The molecule has 2 rings (SSSR count). The van der Waals surface area contributed by atoms with Crippen LogP contribution in [0, 0.1) is 0 Å². The van der Waals surface area contributed by atoms with Gasteiger partial charge in [-0.15, -0.1) is 0 Å². The molecule has 0 spiro atoms. The summed E-state index contributed by atoms with van der Waals surface area (Å²) in [6.45, 7) is 6.16. The molecule has 1 aliphatic rings. The third-order valence-electron chi connectivity index (χ3n) is 2.95. The van der Waals surface area contributed by atoms with E-state index < -0.39 is 0 Å². The van der Waals surface area contributed by atoms with E-state index >= 15 is 0 Å². The maximum atomic E-state index is 6.00. The van der Waals surface area contributed by atoms with Crippen molar-refractivity contribution in [3.63, 3.8) is 0 Å². The van der Waals surface area contributed by atoms with Crippen LogP contribution in [-0.2, 0) is 6.42 Å². The van der Waals surface area contributed by atoms with Crippen molar-refractivity contribution in [2.24, 2.45) is 5.73 Å². The minimum atomic E-state index is 0.0851. The van der Waals surface area contributed by atoms with Crippen LogP contribution in [0.25, 0.3) is 0 Å². The predicted molar refractivity (Wildman–Crippen MR) is 75.0 cm³/mol. The van der Waals surface area contributed by atoms with Gasteiger partial charge in [0.15, 0.2) is 11.5 Å². The summed E-state index contributed by atoms with van der Waals surface area (Å²) in [4.78, 5) is 0. The largest absolute Gasteiger partial charge is 0.488 e. The molecule has 1 heterocycles. The van der Waals surface area contributed by atoms with E-state index in [1.165, 1.54) is 0 Å². The fourth-order valence-electron chi connectivity index (χ4n) is 1.84. The van der Waals surface area contributed by atoms with Crippen molar-refractivity contribution in [2.45, 2.75) is 25.8 Å². The molecular weight excluding hydrogens is 266 g/mol. The van der Waals surface area contributed by atoms with Crippen LogP contribution in [0.2, 0.25) is 0 Å². The summed E-state index contributed by atoms with van der Waals surface area (Å²) in [7, 11) is 0. The van der Waals surface area contributed by atoms with Crippen molar-refractivity contribution in [3.8, 4) is 17.2 Å². The molecule has 19 heavy (non-hydrogen) atoms. The molecule has 2 N–H and O–H groups in total. The fraction of sp³-hybridized carbons (Fsp3) is 0.429. The fourth-order valence-corrected chi connectivity index (χ4v) is 1.90. The lowest BCUT2D eigenvalue weighted by molar-refractivity contribution is 0.174. The lowest BCUT2D eigenvalue weighted by atomic mass is 10.0. The molecule has 1 aliphatic heterocycles. The van der Waals surface area contributed by atoms with Gasteiger partial charge < -0.3 is 19.9 Å². The second kappa shape index (κ2) is 6.17. The summed E-state index contributed by atoms with van der Waals surface area (Å²) in [5.74, 6) is 2.13. The van der Waals surface area contributed by atoms with Crippen molar-refractivity contribution >= 4 is 11.6 Å². The normalized spacial score (nSPS) is 14.3. The number of halogens is 1. The van der Waals surface area contributed by atoms with Gasteiger partial charge in [-0.25, -0.2) is 0 Å². The van der Waals surface area contributed by atoms with Crippen molar-refractivity contribution in [3.05, 3.63) is 29.3 Å². The van der Waals surface area contributed by atoms with Crippen molar-refractivity contribution in [1.82, 2.24) is 0 Å². The first kappa shape index (κ1) is 14.0. The molecular formula is C14H18ClNO3. The molecule has 0 aliphatic carbocycles. The molecule has 0 radical (unpaired) electrons. The van der Waals surface area contributed by atoms with Gasteiger partial charge in [-0.1, -0.05) is 25.1 Å². The summed E-state index contributed by atoms with van der Waals surface area (Å²) in [5.41, 5.74) is 7.00. The molecule has 0 saturated carbocycles. The topological polar surface area (TPSA) is 53.7 Å². The Labute approximate surface area is 118 Å². The number of rotatable bonds is 6. The van der Waals surface area contributed by atoms with E-state index in [2.05, 4.69) is 13.5 Å². The summed E-state index contributed by atoms with van der Waals surface area (Å²) in [5, 5.41) is 0.448. The van der Waals surface area contributed by atoms with Crippen molar-refractivity contribution < 1.29 is 14.2 Å². The Kier molecular flexibility index (Phi) is 4.56. The molecule has 0 aromatic heterocycles. The zero-order valence-corrected chi connectivity index (χ0v) is 11.7. The summed E-state index contributed by atoms with van der Waals surface area (Å²) in [6.07, 6.45) is 1.62. The van der Waals surface area contributed by atoms with E-state index in [4.69, 9.17) is 31.5 Å². The van der Waals surface area contributed by atoms with Gasteiger partial charge in [0.05, 0.1) is 0 Å². The Bertz CT molecular complexity index is 476. The summed E-state index contributed by atoms with van der Waals surface area (Å²) < 4.78 is 16.4. The van der Waals surface area contributed by atoms with Crippen LogP contribution >= 0.6 is 11.6 Å². The van der Waals surface area contributed by atoms with Crippen LogP contribution in [-0.4, -0.2) is 19.4 Å². The van der Waals surface area contributed by atoms with E-state index in [0.717, 1.165) is 29.9 Å². The molecule has 1 atom stereocenters. The minimum Gasteiger partial charge on any atom is -0.488 e. The molecule has 5 heteroatoms. The Morgan fingerprint density at radius 2 is 2.16 bits per heavy atom. The first-order chi connectivity index (χ1) is 9.10. The Balaban J connectivity index is 2.24. The van der Waals surface area contributed by atoms with Gasteiger partial charge in [-0.2, -0.15) is 0 Å². The van der Waals surface area contributed by atoms with Crippen molar-refractivity contribution in [2.75, 3.05) is 13.4 Å². The van der Waals surface area contributed by atoms with Crippen LogP contribution in [0.3, 0.4) is 0 Å². The second-order valence-corrected chi connectivity index (χ2v) is 5.03. The highest BCUT2D eigenvalue weighted by molar-refractivity contribution is 6.29. The van der Waals surface area contributed by atoms with Crippen LogP contribution in [0.5, 0.6) is 17.2 Å². The number of fused-ring (bicyclic) bond motifs is 1. The van der Waals surface area contributed by atoms with Gasteiger partial charge in [0.2, 0.25) is 6.79 Å². The molecule has 104 valence electrons. The number of nitrogens with two attached hydrogens (primary N) is 1. The van der Waals surface area contributed by atoms with Crippen LogP contribution in [0.15, 0.2) is 23.7 Å². The highest BCUT2D eigenvalue weighted by Crippen LogP contribution is 2.38. The lowest BCUT2D eigenvalue weighted by Crippen LogP contribution is -2.21. The highest BCUT2D eigenvalue weighted by atomic mass is 35.5. The number of benzene rings is 1. The Morgan fingerprint density at radius 1 is 1.47 bits per heavy atom. The van der Waals surface area contributed by atoms with Gasteiger partial charge >= 0.3 is 0 Å². The highest BCUT2D eigenvalue weighted by Gasteiger charge is 2.19. The molecule has 4 nitrogen and oxygen atoms in total. The smallest absolute Gasteiger partial charge is 0.231 e. The third kappa shape index (κ3) is 3.55. The Morgan fingerprint density at radius 3 is 2.79 bits per heavy atom. The third-order valence-corrected chi connectivity index (χ3v) is 3.06. The zero-order valence-electron chi connectivity index (χ0n) is 10.9. The maximum Gasteiger partial charge on any atom is 0.231 e. The van der Waals surface area contributed by atoms with E-state index in [-0.39, 0.29) is 19.4 Å². The maximum absolute atomic E-state index is 6.00. The number of ether oxygens (including phenoxy) is 3. The van der Waals surface area contributed by atoms with E-state index in [9.17, 15) is 0 Å². The van der Waals surface area contributed by atoms with Gasteiger partial charge in [0.1, 0.15) is 12.4 Å². The predicted octanol–water partition coefficient (Wildman–Crippen LogP) is 2.83. The van der Waals surface area contributed by atoms with Gasteiger partial charge in [0, 0.05) is 17.1 Å². The first-order valence-corrected chi connectivity index (χ1v) is 6.62. The van der Waals surface area contributed by atoms with Crippen LogP contribution in [0.1, 0.15) is 18.9 Å². The van der Waals surface area contributed by atoms with Crippen LogP contribution < -0.4 is 19.9 Å². The average Bonchev–Trinajstić information content (AvgIpc) is 2.82. The van der Waals surface area contributed by atoms with Gasteiger partial charge in [-0.3, -0.25) is 0 Å². The number of hydrogen-bond donors (Lipinski definition) is 1. The zero-order chi connectivity index (χ0) is 13.8. The molecule has 0 saturated heterocycles. The molecule has 1 aromatic rings. The molecule has 0 fully saturated rings.